The fraction of sp³-hybridized carbons (Fsp3) is 0.465. The van der Waals surface area contributed by atoms with E-state index in [0.717, 1.165) is 85.0 Å². The molecule has 1 aromatic heterocycles. The van der Waals surface area contributed by atoms with Gasteiger partial charge in [-0.25, -0.2) is 4.98 Å². The van der Waals surface area contributed by atoms with Gasteiger partial charge in [-0.05, 0) is 98.6 Å². The number of carbonyl (C=O) groups is 4. The highest BCUT2D eigenvalue weighted by Gasteiger charge is 2.51. The summed E-state index contributed by atoms with van der Waals surface area (Å²) in [7, 11) is 0. The number of amides is 3. The molecule has 1 atom stereocenters. The van der Waals surface area contributed by atoms with Crippen molar-refractivity contribution in [3.8, 4) is 11.8 Å². The van der Waals surface area contributed by atoms with Crippen LogP contribution in [0.1, 0.15) is 79.8 Å². The number of nitrogens with one attached hydrogen (secondary N) is 1. The minimum atomic E-state index is -4.85. The summed E-state index contributed by atoms with van der Waals surface area (Å²) >= 11 is 5.75. The van der Waals surface area contributed by atoms with E-state index in [-0.39, 0.29) is 40.2 Å². The Morgan fingerprint density at radius 2 is 1.73 bits per heavy atom. The number of halogens is 3. The molecule has 0 radical (unpaired) electrons. The third-order valence-electron chi connectivity index (χ3n) is 11.8. The number of benzene rings is 2. The number of hydrogen-bond acceptors (Lipinski definition) is 10. The van der Waals surface area contributed by atoms with E-state index in [1.807, 2.05) is 42.5 Å². The Morgan fingerprint density at radius 1 is 1.00 bits per heavy atom. The molecule has 3 amide bonds. The molecule has 7 rings (SSSR count). The van der Waals surface area contributed by atoms with Gasteiger partial charge in [-0.2, -0.15) is 18.4 Å². The van der Waals surface area contributed by atoms with Gasteiger partial charge in [0.1, 0.15) is 24.0 Å². The number of ether oxygens (including phenoxy) is 1. The molecule has 3 aliphatic heterocycles. The largest absolute Gasteiger partial charge is 0.492 e. The second-order valence-corrected chi connectivity index (χ2v) is 16.6. The number of piperazine rings is 1. The number of pyridine rings is 1. The van der Waals surface area contributed by atoms with E-state index in [2.05, 4.69) is 20.1 Å². The number of carbonyl (C=O) groups excluding carboxylic acids is 4. The van der Waals surface area contributed by atoms with Crippen LogP contribution in [0.4, 0.5) is 24.5 Å². The predicted molar refractivity (Wildman–Crippen MR) is 217 cm³/mol. The Hall–Kier alpha value is -5.24. The van der Waals surface area contributed by atoms with Gasteiger partial charge in [0.15, 0.2) is 16.6 Å². The number of piperidine rings is 1. The van der Waals surface area contributed by atoms with Gasteiger partial charge >= 0.3 is 6.18 Å². The highest BCUT2D eigenvalue weighted by molar-refractivity contribution is 7.81. The molecular weight excluding hydrogens is 784 g/mol. The van der Waals surface area contributed by atoms with Crippen LogP contribution < -0.4 is 19.9 Å². The highest BCUT2D eigenvalue weighted by atomic mass is 32.1. The summed E-state index contributed by atoms with van der Waals surface area (Å²) < 4.78 is 47.8. The normalized spacial score (nSPS) is 20.4. The Bertz CT molecular complexity index is 2200. The summed E-state index contributed by atoms with van der Waals surface area (Å²) in [4.78, 5) is 61.4. The average molecular weight is 830 g/mol. The summed E-state index contributed by atoms with van der Waals surface area (Å²) in [6.45, 7) is 7.91. The maximum absolute atomic E-state index is 13.8. The smallest absolute Gasteiger partial charge is 0.419 e. The van der Waals surface area contributed by atoms with Gasteiger partial charge in [0.05, 0.1) is 24.0 Å². The van der Waals surface area contributed by atoms with Gasteiger partial charge < -0.3 is 9.64 Å². The summed E-state index contributed by atoms with van der Waals surface area (Å²) in [5.74, 6) is -0.116. The van der Waals surface area contributed by atoms with Crippen molar-refractivity contribution in [3.05, 3.63) is 82.7 Å². The van der Waals surface area contributed by atoms with Gasteiger partial charge in [0, 0.05) is 57.2 Å². The number of alkyl halides is 3. The first kappa shape index (κ1) is 41.9. The quantitative estimate of drug-likeness (QED) is 0.171. The lowest BCUT2D eigenvalue weighted by Crippen LogP contribution is -2.48. The average Bonchev–Trinajstić information content (AvgIpc) is 3.34. The van der Waals surface area contributed by atoms with Crippen LogP contribution in [0.25, 0.3) is 0 Å². The van der Waals surface area contributed by atoms with Gasteiger partial charge in [0.25, 0.3) is 5.91 Å². The predicted octanol–water partition coefficient (Wildman–Crippen LogP) is 5.56. The molecule has 59 heavy (non-hydrogen) atoms. The van der Waals surface area contributed by atoms with Crippen molar-refractivity contribution in [2.75, 3.05) is 55.7 Å². The van der Waals surface area contributed by atoms with E-state index in [1.54, 1.807) is 18.7 Å². The Kier molecular flexibility index (Phi) is 12.2. The SMILES string of the molecule is CC1(C)C(=O)N(c2cnc(C#N)c(C(F)(F)F)c2)C(=S)N1c1ccc(OCCN2CCN(CC(=O)Cc3cccc(CC4CCC(=O)NC4=O)c3)CC2)c(C2CCC2)c1. The maximum atomic E-state index is 13.8. The summed E-state index contributed by atoms with van der Waals surface area (Å²) in [6.07, 6.45) is 0.956. The van der Waals surface area contributed by atoms with Gasteiger partial charge in [0.2, 0.25) is 11.8 Å². The zero-order chi connectivity index (χ0) is 42.1. The number of nitriles is 1. The van der Waals surface area contributed by atoms with Crippen molar-refractivity contribution in [3.63, 3.8) is 0 Å². The second-order valence-electron chi connectivity index (χ2n) is 16.2. The molecule has 1 aliphatic carbocycles. The third-order valence-corrected chi connectivity index (χ3v) is 12.1. The molecule has 4 aliphatic rings. The van der Waals surface area contributed by atoms with Crippen LogP contribution in [0.2, 0.25) is 0 Å². The van der Waals surface area contributed by atoms with Crippen LogP contribution in [-0.4, -0.2) is 94.8 Å². The van der Waals surface area contributed by atoms with Gasteiger partial charge in [-0.1, -0.05) is 30.7 Å². The number of nitrogens with zero attached hydrogens (tertiary/aromatic N) is 6. The Labute approximate surface area is 346 Å². The molecule has 3 saturated heterocycles. The molecule has 4 heterocycles. The van der Waals surface area contributed by atoms with Crippen molar-refractivity contribution in [2.45, 2.75) is 76.4 Å². The number of hydrogen-bond donors (Lipinski definition) is 1. The van der Waals surface area contributed by atoms with Crippen molar-refractivity contribution in [1.29, 1.82) is 5.26 Å². The Morgan fingerprint density at radius 3 is 2.41 bits per heavy atom. The number of aromatic nitrogens is 1. The zero-order valence-corrected chi connectivity index (χ0v) is 33.8. The van der Waals surface area contributed by atoms with Crippen LogP contribution >= 0.6 is 12.2 Å². The number of anilines is 2. The fourth-order valence-electron chi connectivity index (χ4n) is 8.25. The molecule has 1 saturated carbocycles. The highest BCUT2D eigenvalue weighted by Crippen LogP contribution is 2.45. The molecule has 3 aromatic rings. The van der Waals surface area contributed by atoms with Crippen LogP contribution in [0.3, 0.4) is 0 Å². The molecule has 0 spiro atoms. The molecular formula is C43H46F3N7O5S. The lowest BCUT2D eigenvalue weighted by Gasteiger charge is -2.34. The van der Waals surface area contributed by atoms with E-state index in [9.17, 15) is 37.6 Å². The standard InChI is InChI=1S/C43H46F3N7O5S/c1-42(2)40(57)52(32-23-35(43(44,45)46)36(24-47)48-25-32)41(59)53(42)31-10-11-37(34(22-31)29-7-4-8-29)58-18-17-50-13-15-51(16-14-50)26-33(54)21-28-6-3-5-27(19-28)20-30-9-12-38(55)49-39(30)56/h3,5-6,10-11,19,22-23,25,29-30H,4,7-9,12-18,20-21,26H2,1-2H3,(H,49,55,56). The van der Waals surface area contributed by atoms with Gasteiger partial charge in [-0.3, -0.25) is 39.2 Å². The van der Waals surface area contributed by atoms with Crippen molar-refractivity contribution in [2.24, 2.45) is 5.92 Å². The van der Waals surface area contributed by atoms with E-state index in [1.165, 1.54) is 6.07 Å². The lowest BCUT2D eigenvalue weighted by molar-refractivity contribution is -0.138. The number of Topliss-reactive ketones (excluding diaryl/α,β-unsaturated/α-hetero) is 1. The van der Waals surface area contributed by atoms with E-state index >= 15 is 0 Å². The van der Waals surface area contributed by atoms with Crippen LogP contribution in [-0.2, 0) is 38.2 Å². The first-order valence-electron chi connectivity index (χ1n) is 19.9. The van der Waals surface area contributed by atoms with Gasteiger partial charge in [-0.15, -0.1) is 0 Å². The number of ketones is 1. The zero-order valence-electron chi connectivity index (χ0n) is 33.0. The number of rotatable bonds is 13. The molecule has 1 unspecified atom stereocenters. The molecule has 12 nitrogen and oxygen atoms in total. The molecule has 310 valence electrons. The van der Waals surface area contributed by atoms with Crippen LogP contribution in [0, 0.1) is 17.2 Å². The van der Waals surface area contributed by atoms with Crippen molar-refractivity contribution in [1.82, 2.24) is 20.1 Å². The maximum Gasteiger partial charge on any atom is 0.419 e. The molecule has 1 N–H and O–H groups in total. The topological polar surface area (TPSA) is 139 Å². The first-order valence-corrected chi connectivity index (χ1v) is 20.3. The number of imide groups is 1. The minimum absolute atomic E-state index is 0.00457. The number of thiocarbonyl (C=S) groups is 1. The van der Waals surface area contributed by atoms with E-state index < -0.39 is 28.9 Å². The van der Waals surface area contributed by atoms with Crippen molar-refractivity contribution >= 4 is 52.2 Å². The Balaban J connectivity index is 0.927. The fourth-order valence-corrected chi connectivity index (χ4v) is 8.78. The monoisotopic (exact) mass is 829 g/mol. The summed E-state index contributed by atoms with van der Waals surface area (Å²) in [6, 6.07) is 15.6. The van der Waals surface area contributed by atoms with E-state index in [4.69, 9.17) is 17.0 Å². The second kappa shape index (κ2) is 17.2. The lowest BCUT2D eigenvalue weighted by atomic mass is 9.79. The molecule has 0 bridgehead atoms. The minimum Gasteiger partial charge on any atom is -0.492 e. The molecule has 4 fully saturated rings. The van der Waals surface area contributed by atoms with Crippen LogP contribution in [0.15, 0.2) is 54.7 Å². The molecule has 16 heteroatoms. The first-order chi connectivity index (χ1) is 28.1. The van der Waals surface area contributed by atoms with Crippen LogP contribution in [0.5, 0.6) is 5.75 Å². The summed E-state index contributed by atoms with van der Waals surface area (Å²) in [5.41, 5.74) is 0.0682. The van der Waals surface area contributed by atoms with Crippen molar-refractivity contribution < 1.29 is 37.1 Å². The van der Waals surface area contributed by atoms with E-state index in [0.29, 0.717) is 51.1 Å². The third kappa shape index (κ3) is 9.17. The summed E-state index contributed by atoms with van der Waals surface area (Å²) in [5, 5.41) is 11.6. The molecule has 2 aromatic carbocycles.